The minimum Gasteiger partial charge on any atom is -0.376 e. The van der Waals surface area contributed by atoms with Crippen LogP contribution >= 0.6 is 27.7 Å². The van der Waals surface area contributed by atoms with Crippen molar-refractivity contribution in [3.8, 4) is 0 Å². The fourth-order valence-electron chi connectivity index (χ4n) is 4.44. The number of imide groups is 1. The van der Waals surface area contributed by atoms with Gasteiger partial charge >= 0.3 is 0 Å². The number of fused-ring (bicyclic) bond motifs is 1. The van der Waals surface area contributed by atoms with Crippen LogP contribution in [0.25, 0.3) is 17.0 Å². The molecule has 202 valence electrons. The first-order valence-corrected chi connectivity index (χ1v) is 13.9. The van der Waals surface area contributed by atoms with Crippen LogP contribution in [-0.2, 0) is 25.7 Å². The molecule has 4 amide bonds. The van der Waals surface area contributed by atoms with E-state index in [0.29, 0.717) is 24.4 Å². The van der Waals surface area contributed by atoms with Crippen molar-refractivity contribution in [1.82, 2.24) is 14.8 Å². The Hall–Kier alpha value is -3.48. The third-order valence-electron chi connectivity index (χ3n) is 6.33. The molecule has 0 radical (unpaired) electrons. The van der Waals surface area contributed by atoms with Crippen molar-refractivity contribution in [2.45, 2.75) is 25.5 Å². The Morgan fingerprint density at radius 1 is 1.13 bits per heavy atom. The van der Waals surface area contributed by atoms with Crippen LogP contribution in [0.15, 0.2) is 58.0 Å². The van der Waals surface area contributed by atoms with Gasteiger partial charge in [-0.05, 0) is 73.1 Å². The maximum Gasteiger partial charge on any atom is 0.294 e. The zero-order chi connectivity index (χ0) is 27.5. The predicted molar refractivity (Wildman–Crippen MR) is 149 cm³/mol. The number of anilines is 1. The van der Waals surface area contributed by atoms with Crippen LogP contribution in [-0.4, -0.2) is 58.2 Å². The summed E-state index contributed by atoms with van der Waals surface area (Å²) in [6.45, 7) is 0.769. The number of carbonyl (C=O) groups is 4. The molecule has 1 aromatic heterocycles. The van der Waals surface area contributed by atoms with E-state index in [-0.39, 0.29) is 23.5 Å². The highest BCUT2D eigenvalue weighted by atomic mass is 79.9. The summed E-state index contributed by atoms with van der Waals surface area (Å²) in [4.78, 5) is 51.7. The van der Waals surface area contributed by atoms with Crippen LogP contribution in [0, 0.1) is 5.82 Å². The van der Waals surface area contributed by atoms with Gasteiger partial charge < -0.3 is 19.9 Å². The van der Waals surface area contributed by atoms with E-state index >= 15 is 0 Å². The molecule has 5 rings (SSSR count). The smallest absolute Gasteiger partial charge is 0.294 e. The zero-order valence-corrected chi connectivity index (χ0v) is 23.0. The lowest BCUT2D eigenvalue weighted by molar-refractivity contribution is -0.127. The van der Waals surface area contributed by atoms with Gasteiger partial charge in [0.25, 0.3) is 11.1 Å². The maximum atomic E-state index is 13.1. The molecule has 3 aromatic rings. The molecule has 2 N–H and O–H groups in total. The first kappa shape index (κ1) is 27.1. The highest BCUT2D eigenvalue weighted by molar-refractivity contribution is 9.10. The molecule has 0 unspecified atom stereocenters. The van der Waals surface area contributed by atoms with E-state index < -0.39 is 29.4 Å². The van der Waals surface area contributed by atoms with Crippen molar-refractivity contribution >= 4 is 73.3 Å². The second kappa shape index (κ2) is 11.7. The number of ether oxygens (including phenoxy) is 1. The van der Waals surface area contributed by atoms with Crippen molar-refractivity contribution in [3.05, 3.63) is 69.4 Å². The molecule has 9 nitrogen and oxygen atoms in total. The Balaban J connectivity index is 1.31. The number of nitrogens with one attached hydrogen (secondary N) is 2. The standard InChI is InChI=1S/C27H24BrFN4O5S/c28-17-3-8-22-21(11-17)16(13-32(22)14-24(34)30-12-20-2-1-9-38-20)10-23-26(36)33(27(37)39-23)15-25(35)31-19-6-4-18(29)5-7-19/h3-8,10-11,13,20H,1-2,9,12,14-15H2,(H,30,34)(H,31,35)/b23-10-/t20-/m0/s1. The minimum atomic E-state index is -0.593. The summed E-state index contributed by atoms with van der Waals surface area (Å²) < 4.78 is 21.3. The molecule has 0 aliphatic carbocycles. The van der Waals surface area contributed by atoms with Gasteiger partial charge in [0.05, 0.1) is 11.0 Å². The second-order valence-electron chi connectivity index (χ2n) is 9.14. The lowest BCUT2D eigenvalue weighted by Crippen LogP contribution is -2.36. The molecule has 2 aliphatic rings. The summed E-state index contributed by atoms with van der Waals surface area (Å²) >= 11 is 4.21. The van der Waals surface area contributed by atoms with E-state index in [4.69, 9.17) is 4.74 Å². The average Bonchev–Trinajstić information content (AvgIpc) is 3.60. The summed E-state index contributed by atoms with van der Waals surface area (Å²) in [7, 11) is 0. The SMILES string of the molecule is O=C(Cn1cc(/C=C2\SC(=O)N(CC(=O)Nc3ccc(F)cc3)C2=O)c2cc(Br)ccc21)NC[C@@H]1CCCO1. The van der Waals surface area contributed by atoms with Gasteiger partial charge in [0.2, 0.25) is 11.8 Å². The lowest BCUT2D eigenvalue weighted by atomic mass is 10.1. The van der Waals surface area contributed by atoms with E-state index in [1.807, 2.05) is 18.2 Å². The van der Waals surface area contributed by atoms with Gasteiger partial charge in [0.15, 0.2) is 0 Å². The first-order valence-electron chi connectivity index (χ1n) is 12.2. The summed E-state index contributed by atoms with van der Waals surface area (Å²) in [5, 5.41) is 5.68. The molecule has 2 aliphatic heterocycles. The van der Waals surface area contributed by atoms with Gasteiger partial charge in [-0.25, -0.2) is 4.39 Å². The highest BCUT2D eigenvalue weighted by Gasteiger charge is 2.36. The number of amides is 4. The molecule has 3 heterocycles. The van der Waals surface area contributed by atoms with Crippen molar-refractivity contribution in [3.63, 3.8) is 0 Å². The van der Waals surface area contributed by atoms with Crippen molar-refractivity contribution < 1.29 is 28.3 Å². The Morgan fingerprint density at radius 3 is 2.67 bits per heavy atom. The summed E-state index contributed by atoms with van der Waals surface area (Å²) in [5.41, 5.74) is 1.79. The number of halogens is 2. The number of nitrogens with zero attached hydrogens (tertiary/aromatic N) is 2. The summed E-state index contributed by atoms with van der Waals surface area (Å²) in [6.07, 6.45) is 5.31. The van der Waals surface area contributed by atoms with Crippen molar-refractivity contribution in [1.29, 1.82) is 0 Å². The van der Waals surface area contributed by atoms with Crippen LogP contribution < -0.4 is 10.6 Å². The fraction of sp³-hybridized carbons (Fsp3) is 0.259. The van der Waals surface area contributed by atoms with E-state index in [1.54, 1.807) is 16.8 Å². The van der Waals surface area contributed by atoms with E-state index in [2.05, 4.69) is 26.6 Å². The van der Waals surface area contributed by atoms with Crippen LogP contribution in [0.3, 0.4) is 0 Å². The Labute approximate surface area is 235 Å². The van der Waals surface area contributed by atoms with Crippen molar-refractivity contribution in [2.24, 2.45) is 0 Å². The summed E-state index contributed by atoms with van der Waals surface area (Å²) in [6, 6.07) is 10.8. The lowest BCUT2D eigenvalue weighted by Gasteiger charge is -2.12. The quantitative estimate of drug-likeness (QED) is 0.361. The Bertz CT molecular complexity index is 1480. The fourth-order valence-corrected chi connectivity index (χ4v) is 5.63. The van der Waals surface area contributed by atoms with Gasteiger partial charge in [-0.2, -0.15) is 0 Å². The third-order valence-corrected chi connectivity index (χ3v) is 7.73. The van der Waals surface area contributed by atoms with Crippen LogP contribution in [0.5, 0.6) is 0 Å². The number of thioether (sulfide) groups is 1. The molecule has 0 saturated carbocycles. The molecule has 1 atom stereocenters. The van der Waals surface area contributed by atoms with Crippen molar-refractivity contribution in [2.75, 3.05) is 25.0 Å². The molecular formula is C27H24BrFN4O5S. The number of hydrogen-bond acceptors (Lipinski definition) is 6. The normalized spacial score (nSPS) is 18.4. The first-order chi connectivity index (χ1) is 18.8. The molecule has 2 saturated heterocycles. The minimum absolute atomic E-state index is 0.0373. The number of rotatable bonds is 8. The molecular weight excluding hydrogens is 591 g/mol. The third kappa shape index (κ3) is 6.40. The van der Waals surface area contributed by atoms with E-state index in [1.165, 1.54) is 24.3 Å². The van der Waals surface area contributed by atoms with Gasteiger partial charge in [0, 0.05) is 46.0 Å². The molecule has 12 heteroatoms. The number of carbonyl (C=O) groups excluding carboxylic acids is 4. The number of hydrogen-bond donors (Lipinski definition) is 2. The highest BCUT2D eigenvalue weighted by Crippen LogP contribution is 2.34. The molecule has 0 bridgehead atoms. The van der Waals surface area contributed by atoms with Gasteiger partial charge in [-0.1, -0.05) is 15.9 Å². The molecule has 2 aromatic carbocycles. The van der Waals surface area contributed by atoms with E-state index in [0.717, 1.165) is 44.9 Å². The van der Waals surface area contributed by atoms with Gasteiger partial charge in [-0.15, -0.1) is 0 Å². The average molecular weight is 615 g/mol. The monoisotopic (exact) mass is 614 g/mol. The van der Waals surface area contributed by atoms with Gasteiger partial charge in [-0.3, -0.25) is 24.1 Å². The van der Waals surface area contributed by atoms with Crippen LogP contribution in [0.1, 0.15) is 18.4 Å². The molecule has 39 heavy (non-hydrogen) atoms. The van der Waals surface area contributed by atoms with Crippen LogP contribution in [0.4, 0.5) is 14.9 Å². The Morgan fingerprint density at radius 2 is 1.92 bits per heavy atom. The van der Waals surface area contributed by atoms with E-state index in [9.17, 15) is 23.6 Å². The van der Waals surface area contributed by atoms with Gasteiger partial charge in [0.1, 0.15) is 18.9 Å². The second-order valence-corrected chi connectivity index (χ2v) is 11.0. The molecule has 0 spiro atoms. The topological polar surface area (TPSA) is 110 Å². The maximum absolute atomic E-state index is 13.1. The predicted octanol–water partition coefficient (Wildman–Crippen LogP) is 4.51. The summed E-state index contributed by atoms with van der Waals surface area (Å²) in [5.74, 6) is -1.79. The number of aromatic nitrogens is 1. The molecule has 2 fully saturated rings. The number of benzene rings is 2. The largest absolute Gasteiger partial charge is 0.376 e. The zero-order valence-electron chi connectivity index (χ0n) is 20.6. The van der Waals surface area contributed by atoms with Crippen LogP contribution in [0.2, 0.25) is 0 Å². The Kier molecular flexibility index (Phi) is 8.15.